The lowest BCUT2D eigenvalue weighted by Crippen LogP contribution is -2.34. The second-order valence-electron chi connectivity index (χ2n) is 3.52. The summed E-state index contributed by atoms with van der Waals surface area (Å²) in [5.41, 5.74) is 1.77. The van der Waals surface area contributed by atoms with E-state index in [0.717, 1.165) is 24.5 Å². The molecular formula is C10H14N2O2. The fourth-order valence-corrected chi connectivity index (χ4v) is 1.65. The van der Waals surface area contributed by atoms with Crippen molar-refractivity contribution in [3.63, 3.8) is 0 Å². The Morgan fingerprint density at radius 3 is 3.00 bits per heavy atom. The molecule has 0 bridgehead atoms. The van der Waals surface area contributed by atoms with Crippen molar-refractivity contribution in [3.8, 4) is 0 Å². The first-order valence-corrected chi connectivity index (χ1v) is 4.79. The number of aryl methyl sites for hydroxylation is 1. The number of pyridine rings is 1. The van der Waals surface area contributed by atoms with Gasteiger partial charge in [0.1, 0.15) is 6.10 Å². The van der Waals surface area contributed by atoms with Crippen LogP contribution in [0, 0.1) is 6.92 Å². The van der Waals surface area contributed by atoms with Gasteiger partial charge in [-0.25, -0.2) is 0 Å². The summed E-state index contributed by atoms with van der Waals surface area (Å²) in [5.74, 6) is 0. The molecule has 0 aromatic carbocycles. The van der Waals surface area contributed by atoms with E-state index in [9.17, 15) is 4.79 Å². The number of hydrogen-bond donors (Lipinski definition) is 2. The first-order valence-electron chi connectivity index (χ1n) is 4.79. The topological polar surface area (TPSA) is 54.1 Å². The van der Waals surface area contributed by atoms with E-state index in [2.05, 4.69) is 10.3 Å². The standard InChI is InChI=1S/C10H14N2O2/c1-7-4-8(13)5-9(12-7)10-6-11-2-3-14-10/h4-5,10-11H,2-3,6H2,1H3,(H,12,13)/t10-/m0/s1. The zero-order valence-corrected chi connectivity index (χ0v) is 8.17. The summed E-state index contributed by atoms with van der Waals surface area (Å²) >= 11 is 0. The Hall–Kier alpha value is -1.13. The number of morpholine rings is 1. The molecule has 1 aromatic heterocycles. The predicted molar refractivity (Wildman–Crippen MR) is 53.4 cm³/mol. The van der Waals surface area contributed by atoms with Crippen molar-refractivity contribution in [1.82, 2.24) is 10.3 Å². The van der Waals surface area contributed by atoms with Crippen molar-refractivity contribution in [2.45, 2.75) is 13.0 Å². The smallest absolute Gasteiger partial charge is 0.182 e. The molecule has 1 aliphatic heterocycles. The molecule has 0 spiro atoms. The van der Waals surface area contributed by atoms with Crippen molar-refractivity contribution in [2.24, 2.45) is 0 Å². The van der Waals surface area contributed by atoms with Crippen LogP contribution >= 0.6 is 0 Å². The predicted octanol–water partition coefficient (Wildman–Crippen LogP) is 0.344. The van der Waals surface area contributed by atoms with Gasteiger partial charge in [0.15, 0.2) is 5.43 Å². The van der Waals surface area contributed by atoms with Crippen LogP contribution in [0.15, 0.2) is 16.9 Å². The van der Waals surface area contributed by atoms with Gasteiger partial charge in [-0.2, -0.15) is 0 Å². The molecule has 76 valence electrons. The third-order valence-electron chi connectivity index (χ3n) is 2.27. The van der Waals surface area contributed by atoms with Crippen molar-refractivity contribution >= 4 is 0 Å². The maximum atomic E-state index is 11.3. The van der Waals surface area contributed by atoms with Gasteiger partial charge in [0.2, 0.25) is 0 Å². The first kappa shape index (κ1) is 9.43. The number of aromatic amines is 1. The summed E-state index contributed by atoms with van der Waals surface area (Å²) in [6.45, 7) is 4.22. The second-order valence-corrected chi connectivity index (χ2v) is 3.52. The van der Waals surface area contributed by atoms with E-state index in [1.54, 1.807) is 12.1 Å². The Bertz CT molecular complexity index is 367. The highest BCUT2D eigenvalue weighted by Crippen LogP contribution is 2.14. The first-order chi connectivity index (χ1) is 6.75. The highest BCUT2D eigenvalue weighted by Gasteiger charge is 2.16. The molecule has 0 amide bonds. The molecule has 2 N–H and O–H groups in total. The van der Waals surface area contributed by atoms with E-state index in [1.807, 2.05) is 6.92 Å². The third kappa shape index (κ3) is 2.02. The van der Waals surface area contributed by atoms with Crippen molar-refractivity contribution in [1.29, 1.82) is 0 Å². The van der Waals surface area contributed by atoms with E-state index in [0.29, 0.717) is 6.61 Å². The Morgan fingerprint density at radius 1 is 1.50 bits per heavy atom. The summed E-state index contributed by atoms with van der Waals surface area (Å²) in [6.07, 6.45) is -0.0173. The molecule has 2 heterocycles. The molecule has 1 fully saturated rings. The lowest BCUT2D eigenvalue weighted by atomic mass is 10.2. The molecule has 2 rings (SSSR count). The number of hydrogen-bond acceptors (Lipinski definition) is 3. The Labute approximate surface area is 82.3 Å². The van der Waals surface area contributed by atoms with Gasteiger partial charge in [-0.15, -0.1) is 0 Å². The van der Waals surface area contributed by atoms with Crippen LogP contribution in [0.1, 0.15) is 17.5 Å². The van der Waals surface area contributed by atoms with E-state index >= 15 is 0 Å². The van der Waals surface area contributed by atoms with Gasteiger partial charge in [0.05, 0.1) is 6.61 Å². The number of nitrogens with one attached hydrogen (secondary N) is 2. The zero-order chi connectivity index (χ0) is 9.97. The average Bonchev–Trinajstić information content (AvgIpc) is 2.18. The van der Waals surface area contributed by atoms with Gasteiger partial charge in [-0.05, 0) is 6.92 Å². The molecule has 0 saturated carbocycles. The summed E-state index contributed by atoms with van der Waals surface area (Å²) < 4.78 is 5.54. The fraction of sp³-hybridized carbons (Fsp3) is 0.500. The average molecular weight is 194 g/mol. The molecule has 4 nitrogen and oxygen atoms in total. The molecular weight excluding hydrogens is 180 g/mol. The molecule has 1 aromatic rings. The van der Waals surface area contributed by atoms with Crippen LogP contribution in [0.4, 0.5) is 0 Å². The Kier molecular flexibility index (Phi) is 2.65. The highest BCUT2D eigenvalue weighted by molar-refractivity contribution is 5.13. The maximum absolute atomic E-state index is 11.3. The SMILES string of the molecule is Cc1cc(=O)cc([C@@H]2CNCCO2)[nH]1. The molecule has 14 heavy (non-hydrogen) atoms. The molecule has 0 radical (unpaired) electrons. The molecule has 0 unspecified atom stereocenters. The number of ether oxygens (including phenoxy) is 1. The Morgan fingerprint density at radius 2 is 2.36 bits per heavy atom. The van der Waals surface area contributed by atoms with Gasteiger partial charge < -0.3 is 15.0 Å². The monoisotopic (exact) mass is 194 g/mol. The molecule has 0 aliphatic carbocycles. The maximum Gasteiger partial charge on any atom is 0.182 e. The van der Waals surface area contributed by atoms with Crippen LogP contribution in [0.3, 0.4) is 0 Å². The minimum atomic E-state index is -0.0173. The Balaban J connectivity index is 2.26. The summed E-state index contributed by atoms with van der Waals surface area (Å²) in [7, 11) is 0. The van der Waals surface area contributed by atoms with Gasteiger partial charge in [-0.3, -0.25) is 4.79 Å². The largest absolute Gasteiger partial charge is 0.369 e. The number of aromatic nitrogens is 1. The minimum Gasteiger partial charge on any atom is -0.369 e. The molecule has 1 aliphatic rings. The van der Waals surface area contributed by atoms with E-state index < -0.39 is 0 Å². The number of rotatable bonds is 1. The lowest BCUT2D eigenvalue weighted by molar-refractivity contribution is 0.0249. The van der Waals surface area contributed by atoms with E-state index in [-0.39, 0.29) is 11.5 Å². The highest BCUT2D eigenvalue weighted by atomic mass is 16.5. The van der Waals surface area contributed by atoms with Crippen LogP contribution < -0.4 is 10.7 Å². The van der Waals surface area contributed by atoms with Crippen LogP contribution in [0.2, 0.25) is 0 Å². The third-order valence-corrected chi connectivity index (χ3v) is 2.27. The van der Waals surface area contributed by atoms with E-state index in [4.69, 9.17) is 4.74 Å². The van der Waals surface area contributed by atoms with Crippen LogP contribution in [-0.4, -0.2) is 24.7 Å². The van der Waals surface area contributed by atoms with Crippen LogP contribution in [0.25, 0.3) is 0 Å². The minimum absolute atomic E-state index is 0.0173. The normalized spacial score (nSPS) is 22.2. The lowest BCUT2D eigenvalue weighted by Gasteiger charge is -2.23. The molecule has 1 atom stereocenters. The van der Waals surface area contributed by atoms with Crippen molar-refractivity contribution in [3.05, 3.63) is 33.7 Å². The summed E-state index contributed by atoms with van der Waals surface area (Å²) in [5, 5.41) is 3.23. The molecule has 4 heteroatoms. The van der Waals surface area contributed by atoms with Crippen LogP contribution in [-0.2, 0) is 4.74 Å². The quantitative estimate of drug-likeness (QED) is 0.678. The van der Waals surface area contributed by atoms with Crippen LogP contribution in [0.5, 0.6) is 0 Å². The van der Waals surface area contributed by atoms with Gasteiger partial charge >= 0.3 is 0 Å². The van der Waals surface area contributed by atoms with E-state index in [1.165, 1.54) is 0 Å². The summed E-state index contributed by atoms with van der Waals surface area (Å²) in [4.78, 5) is 14.4. The molecule has 1 saturated heterocycles. The van der Waals surface area contributed by atoms with Gasteiger partial charge in [0, 0.05) is 36.6 Å². The van der Waals surface area contributed by atoms with Gasteiger partial charge in [-0.1, -0.05) is 0 Å². The van der Waals surface area contributed by atoms with Crippen molar-refractivity contribution in [2.75, 3.05) is 19.7 Å². The summed E-state index contributed by atoms with van der Waals surface area (Å²) in [6, 6.07) is 3.18. The van der Waals surface area contributed by atoms with Crippen molar-refractivity contribution < 1.29 is 4.74 Å². The zero-order valence-electron chi connectivity index (χ0n) is 8.17. The second kappa shape index (κ2) is 3.94. The fourth-order valence-electron chi connectivity index (χ4n) is 1.65. The van der Waals surface area contributed by atoms with Gasteiger partial charge in [0.25, 0.3) is 0 Å². The number of H-pyrrole nitrogens is 1.